The molecule has 6 heteroatoms. The summed E-state index contributed by atoms with van der Waals surface area (Å²) in [4.78, 5) is 0. The molecule has 2 nitrogen and oxygen atoms in total. The second-order valence-corrected chi connectivity index (χ2v) is 3.43. The normalized spacial score (nSPS) is 12.9. The van der Waals surface area contributed by atoms with Crippen molar-refractivity contribution >= 4 is 5.69 Å². The number of benzene rings is 1. The van der Waals surface area contributed by atoms with E-state index in [2.05, 4.69) is 5.32 Å². The molecule has 0 bridgehead atoms. The van der Waals surface area contributed by atoms with Crippen LogP contribution in [-0.4, -0.2) is 6.04 Å². The monoisotopic (exact) mass is 246 g/mol. The van der Waals surface area contributed by atoms with Crippen molar-refractivity contribution in [1.82, 2.24) is 0 Å². The zero-order chi connectivity index (χ0) is 13.1. The minimum absolute atomic E-state index is 0.0760. The molecule has 1 aromatic carbocycles. The topological polar surface area (TPSA) is 35.8 Å². The summed E-state index contributed by atoms with van der Waals surface area (Å²) in [5.41, 5.74) is -1.26. The van der Waals surface area contributed by atoms with Crippen LogP contribution in [0.5, 0.6) is 0 Å². The number of nitrogens with one attached hydrogen (secondary N) is 1. The van der Waals surface area contributed by atoms with Gasteiger partial charge in [-0.05, 0) is 24.6 Å². The average Bonchev–Trinajstić information content (AvgIpc) is 2.26. The molecule has 1 aromatic rings. The van der Waals surface area contributed by atoms with E-state index in [1.165, 1.54) is 6.07 Å². The van der Waals surface area contributed by atoms with Crippen LogP contribution in [0.4, 0.5) is 23.2 Å². The molecule has 0 radical (unpaired) electrons. The van der Waals surface area contributed by atoms with E-state index in [0.717, 1.165) is 6.07 Å². The van der Waals surface area contributed by atoms with Gasteiger partial charge in [-0.3, -0.25) is 0 Å². The van der Waals surface area contributed by atoms with Crippen molar-refractivity contribution in [3.05, 3.63) is 29.6 Å². The van der Waals surface area contributed by atoms with Crippen molar-refractivity contribution in [2.24, 2.45) is 0 Å². The molecule has 0 fully saturated rings. The molecule has 0 aliphatic rings. The predicted molar refractivity (Wildman–Crippen MR) is 54.7 cm³/mol. The van der Waals surface area contributed by atoms with Gasteiger partial charge in [-0.1, -0.05) is 6.92 Å². The van der Waals surface area contributed by atoms with Gasteiger partial charge in [0.2, 0.25) is 0 Å². The molecule has 1 unspecified atom stereocenters. The van der Waals surface area contributed by atoms with Crippen LogP contribution in [0.25, 0.3) is 0 Å². The molecule has 0 amide bonds. The van der Waals surface area contributed by atoms with Gasteiger partial charge in [-0.25, -0.2) is 4.39 Å². The molecule has 1 rings (SSSR count). The largest absolute Gasteiger partial charge is 0.419 e. The first kappa shape index (κ1) is 13.3. The van der Waals surface area contributed by atoms with Gasteiger partial charge in [-0.2, -0.15) is 18.4 Å². The zero-order valence-corrected chi connectivity index (χ0v) is 8.98. The fourth-order valence-corrected chi connectivity index (χ4v) is 1.26. The van der Waals surface area contributed by atoms with Gasteiger partial charge in [0.15, 0.2) is 0 Å². The van der Waals surface area contributed by atoms with Gasteiger partial charge in [0.05, 0.1) is 11.6 Å². The molecular weight excluding hydrogens is 236 g/mol. The van der Waals surface area contributed by atoms with Gasteiger partial charge in [0.25, 0.3) is 0 Å². The molecule has 0 aliphatic heterocycles. The summed E-state index contributed by atoms with van der Waals surface area (Å²) >= 11 is 0. The number of anilines is 1. The molecule has 1 atom stereocenters. The number of nitrogens with zero attached hydrogens (tertiary/aromatic N) is 1. The van der Waals surface area contributed by atoms with E-state index in [-0.39, 0.29) is 5.69 Å². The molecule has 0 spiro atoms. The third-order valence-electron chi connectivity index (χ3n) is 2.18. The third kappa shape index (κ3) is 3.34. The van der Waals surface area contributed by atoms with E-state index in [1.54, 1.807) is 6.92 Å². The van der Waals surface area contributed by atoms with Crippen LogP contribution in [0.1, 0.15) is 18.9 Å². The summed E-state index contributed by atoms with van der Waals surface area (Å²) in [6, 6.07) is 3.86. The molecule has 1 N–H and O–H groups in total. The first-order valence-corrected chi connectivity index (χ1v) is 4.91. The van der Waals surface area contributed by atoms with E-state index in [0.29, 0.717) is 12.5 Å². The number of rotatable bonds is 3. The number of nitriles is 1. The molecule has 17 heavy (non-hydrogen) atoms. The lowest BCUT2D eigenvalue weighted by atomic mass is 10.1. The van der Waals surface area contributed by atoms with Crippen molar-refractivity contribution in [1.29, 1.82) is 5.26 Å². The second kappa shape index (κ2) is 5.04. The number of hydrogen-bond acceptors (Lipinski definition) is 2. The lowest BCUT2D eigenvalue weighted by Crippen LogP contribution is -2.17. The Balaban J connectivity index is 3.02. The Morgan fingerprint density at radius 2 is 2.06 bits per heavy atom. The van der Waals surface area contributed by atoms with Crippen molar-refractivity contribution < 1.29 is 17.6 Å². The summed E-state index contributed by atoms with van der Waals surface area (Å²) in [6.07, 6.45) is -4.30. The lowest BCUT2D eigenvalue weighted by Gasteiger charge is -2.13. The van der Waals surface area contributed by atoms with E-state index in [1.807, 2.05) is 6.07 Å². The van der Waals surface area contributed by atoms with Crippen LogP contribution in [-0.2, 0) is 6.18 Å². The quantitative estimate of drug-likeness (QED) is 0.828. The maximum Gasteiger partial charge on any atom is 0.419 e. The van der Waals surface area contributed by atoms with Crippen LogP contribution >= 0.6 is 0 Å². The SMILES string of the molecule is CCC(C#N)Nc1ccc(F)c(C(F)(F)F)c1. The Kier molecular flexibility index (Phi) is 3.94. The number of alkyl halides is 3. The molecular formula is C11H10F4N2. The Hall–Kier alpha value is -1.77. The molecule has 0 aromatic heterocycles. The van der Waals surface area contributed by atoms with Crippen LogP contribution in [0, 0.1) is 17.1 Å². The smallest absolute Gasteiger partial charge is 0.370 e. The highest BCUT2D eigenvalue weighted by Crippen LogP contribution is 2.33. The van der Waals surface area contributed by atoms with Crippen LogP contribution < -0.4 is 5.32 Å². The Labute approximate surface area is 95.9 Å². The highest BCUT2D eigenvalue weighted by molar-refractivity contribution is 5.48. The van der Waals surface area contributed by atoms with Crippen molar-refractivity contribution in [3.63, 3.8) is 0 Å². The summed E-state index contributed by atoms with van der Waals surface area (Å²) in [6.45, 7) is 1.72. The summed E-state index contributed by atoms with van der Waals surface area (Å²) in [5, 5.41) is 11.3. The fraction of sp³-hybridized carbons (Fsp3) is 0.364. The summed E-state index contributed by atoms with van der Waals surface area (Å²) < 4.78 is 50.1. The Bertz CT molecular complexity index is 434. The van der Waals surface area contributed by atoms with E-state index >= 15 is 0 Å². The molecule has 0 aliphatic carbocycles. The Morgan fingerprint density at radius 3 is 2.53 bits per heavy atom. The Morgan fingerprint density at radius 1 is 1.41 bits per heavy atom. The van der Waals surface area contributed by atoms with Crippen LogP contribution in [0.15, 0.2) is 18.2 Å². The zero-order valence-electron chi connectivity index (χ0n) is 8.98. The highest BCUT2D eigenvalue weighted by Gasteiger charge is 2.34. The maximum absolute atomic E-state index is 13.0. The summed E-state index contributed by atoms with van der Waals surface area (Å²) in [5.74, 6) is -1.33. The van der Waals surface area contributed by atoms with E-state index < -0.39 is 23.6 Å². The van der Waals surface area contributed by atoms with Gasteiger partial charge < -0.3 is 5.32 Å². The van der Waals surface area contributed by atoms with Gasteiger partial charge in [0.1, 0.15) is 11.9 Å². The fourth-order valence-electron chi connectivity index (χ4n) is 1.26. The second-order valence-electron chi connectivity index (χ2n) is 3.43. The van der Waals surface area contributed by atoms with Crippen LogP contribution in [0.3, 0.4) is 0 Å². The molecule has 92 valence electrons. The lowest BCUT2D eigenvalue weighted by molar-refractivity contribution is -0.139. The van der Waals surface area contributed by atoms with E-state index in [9.17, 15) is 17.6 Å². The highest BCUT2D eigenvalue weighted by atomic mass is 19.4. The van der Waals surface area contributed by atoms with Crippen molar-refractivity contribution in [3.8, 4) is 6.07 Å². The minimum atomic E-state index is -4.74. The average molecular weight is 246 g/mol. The minimum Gasteiger partial charge on any atom is -0.370 e. The third-order valence-corrected chi connectivity index (χ3v) is 2.18. The van der Waals surface area contributed by atoms with E-state index in [4.69, 9.17) is 5.26 Å². The van der Waals surface area contributed by atoms with Gasteiger partial charge >= 0.3 is 6.18 Å². The standard InChI is InChI=1S/C11H10F4N2/c1-2-7(6-16)17-8-3-4-10(12)9(5-8)11(13,14)15/h3-5,7,17H,2H2,1H3. The van der Waals surface area contributed by atoms with Crippen LogP contribution in [0.2, 0.25) is 0 Å². The van der Waals surface area contributed by atoms with Gasteiger partial charge in [0, 0.05) is 5.69 Å². The maximum atomic E-state index is 13.0. The van der Waals surface area contributed by atoms with Gasteiger partial charge in [-0.15, -0.1) is 0 Å². The van der Waals surface area contributed by atoms with Crippen molar-refractivity contribution in [2.45, 2.75) is 25.6 Å². The number of halogens is 4. The van der Waals surface area contributed by atoms with Crippen molar-refractivity contribution in [2.75, 3.05) is 5.32 Å². The first-order valence-electron chi connectivity index (χ1n) is 4.91. The summed E-state index contributed by atoms with van der Waals surface area (Å²) in [7, 11) is 0. The number of hydrogen-bond donors (Lipinski definition) is 1. The molecule has 0 saturated carbocycles. The molecule has 0 heterocycles. The molecule has 0 saturated heterocycles. The first-order chi connectivity index (χ1) is 7.88. The predicted octanol–water partition coefficient (Wildman–Crippen LogP) is 3.56.